The molecular formula is C22H23ClN2O2S2. The Morgan fingerprint density at radius 1 is 1.07 bits per heavy atom. The summed E-state index contributed by atoms with van der Waals surface area (Å²) < 4.78 is 0.453. The van der Waals surface area contributed by atoms with Crippen LogP contribution in [0.25, 0.3) is 0 Å². The number of carbonyl (C=O) groups is 2. The summed E-state index contributed by atoms with van der Waals surface area (Å²) in [5.74, 6) is 2.09. The number of rotatable bonds is 4. The maximum atomic E-state index is 12.9. The zero-order valence-electron chi connectivity index (χ0n) is 16.0. The van der Waals surface area contributed by atoms with Gasteiger partial charge in [0, 0.05) is 40.9 Å². The predicted molar refractivity (Wildman–Crippen MR) is 123 cm³/mol. The number of piperidine rings is 1. The van der Waals surface area contributed by atoms with Crippen LogP contribution in [0.15, 0.2) is 48.5 Å². The Morgan fingerprint density at radius 2 is 1.83 bits per heavy atom. The fourth-order valence-corrected chi connectivity index (χ4v) is 6.67. The van der Waals surface area contributed by atoms with E-state index >= 15 is 0 Å². The highest BCUT2D eigenvalue weighted by Crippen LogP contribution is 2.45. The first-order valence-electron chi connectivity index (χ1n) is 9.79. The monoisotopic (exact) mass is 446 g/mol. The highest BCUT2D eigenvalue weighted by Gasteiger charge is 2.29. The van der Waals surface area contributed by atoms with Gasteiger partial charge in [-0.15, -0.1) is 23.5 Å². The van der Waals surface area contributed by atoms with Gasteiger partial charge in [0.05, 0.1) is 10.5 Å². The Morgan fingerprint density at radius 3 is 2.59 bits per heavy atom. The Kier molecular flexibility index (Phi) is 6.73. The first kappa shape index (κ1) is 20.6. The molecule has 4 nitrogen and oxygen atoms in total. The molecule has 2 heterocycles. The van der Waals surface area contributed by atoms with Crippen molar-refractivity contribution in [3.05, 3.63) is 64.7 Å². The van der Waals surface area contributed by atoms with Crippen LogP contribution in [0, 0.1) is 5.92 Å². The number of anilines is 1. The quantitative estimate of drug-likeness (QED) is 0.691. The van der Waals surface area contributed by atoms with Crippen LogP contribution in [-0.2, 0) is 4.79 Å². The molecule has 7 heteroatoms. The first-order valence-corrected chi connectivity index (χ1v) is 12.3. The average molecular weight is 447 g/mol. The van der Waals surface area contributed by atoms with Crippen LogP contribution in [0.5, 0.6) is 0 Å². The van der Waals surface area contributed by atoms with E-state index in [1.807, 2.05) is 35.7 Å². The van der Waals surface area contributed by atoms with Crippen LogP contribution in [0.1, 0.15) is 33.3 Å². The fraction of sp³-hybridized carbons (Fsp3) is 0.364. The van der Waals surface area contributed by atoms with Gasteiger partial charge in [0.1, 0.15) is 0 Å². The third-order valence-corrected chi connectivity index (χ3v) is 8.58. The van der Waals surface area contributed by atoms with E-state index in [2.05, 4.69) is 17.4 Å². The molecule has 1 atom stereocenters. The van der Waals surface area contributed by atoms with Gasteiger partial charge >= 0.3 is 0 Å². The maximum absolute atomic E-state index is 12.9. The molecule has 4 rings (SSSR count). The third-order valence-electron chi connectivity index (χ3n) is 5.22. The van der Waals surface area contributed by atoms with Crippen LogP contribution >= 0.6 is 35.1 Å². The van der Waals surface area contributed by atoms with Crippen molar-refractivity contribution in [3.63, 3.8) is 0 Å². The molecule has 0 spiro atoms. The normalized spacial score (nSPS) is 19.9. The van der Waals surface area contributed by atoms with Crippen LogP contribution < -0.4 is 5.32 Å². The van der Waals surface area contributed by atoms with Gasteiger partial charge in [-0.1, -0.05) is 23.7 Å². The minimum absolute atomic E-state index is 0.0116. The lowest BCUT2D eigenvalue weighted by molar-refractivity contribution is -0.121. The molecule has 152 valence electrons. The second-order valence-electron chi connectivity index (χ2n) is 7.29. The van der Waals surface area contributed by atoms with Crippen molar-refractivity contribution in [2.24, 2.45) is 5.92 Å². The Bertz CT molecular complexity index is 885. The molecule has 0 aliphatic carbocycles. The van der Waals surface area contributed by atoms with Crippen LogP contribution in [0.4, 0.5) is 5.69 Å². The van der Waals surface area contributed by atoms with E-state index in [1.54, 1.807) is 29.2 Å². The van der Waals surface area contributed by atoms with Crippen LogP contribution in [-0.4, -0.2) is 41.3 Å². The number of halogens is 1. The predicted octanol–water partition coefficient (Wildman–Crippen LogP) is 5.31. The number of amides is 2. The molecule has 2 aromatic carbocycles. The van der Waals surface area contributed by atoms with Gasteiger partial charge in [-0.05, 0) is 54.8 Å². The molecule has 2 saturated heterocycles. The summed E-state index contributed by atoms with van der Waals surface area (Å²) in [5.41, 5.74) is 2.69. The molecule has 2 aromatic rings. The van der Waals surface area contributed by atoms with Gasteiger partial charge in [-0.3, -0.25) is 9.59 Å². The summed E-state index contributed by atoms with van der Waals surface area (Å²) in [7, 11) is 0. The lowest BCUT2D eigenvalue weighted by Crippen LogP contribution is -2.43. The molecule has 0 aromatic heterocycles. The standard InChI is InChI=1S/C22H23ClN2O2S2/c23-18-8-6-15(7-9-18)21(27)25-10-2-4-17(14-25)20(26)24-19-5-1-3-16(13-19)22-28-11-12-29-22/h1,3,5-9,13,17,22H,2,4,10-12,14H2,(H,24,26). The zero-order chi connectivity index (χ0) is 20.2. The van der Waals surface area contributed by atoms with Crippen molar-refractivity contribution in [2.45, 2.75) is 17.4 Å². The molecule has 0 saturated carbocycles. The van der Waals surface area contributed by atoms with Gasteiger partial charge in [0.2, 0.25) is 5.91 Å². The van der Waals surface area contributed by atoms with E-state index in [1.165, 1.54) is 17.1 Å². The number of nitrogens with one attached hydrogen (secondary N) is 1. The van der Waals surface area contributed by atoms with Gasteiger partial charge in [0.25, 0.3) is 5.91 Å². The Balaban J connectivity index is 1.39. The molecule has 2 aliphatic rings. The second-order valence-corrected chi connectivity index (χ2v) is 10.4. The number of thioether (sulfide) groups is 2. The number of nitrogens with zero attached hydrogens (tertiary/aromatic N) is 1. The Hall–Kier alpha value is -1.63. The fourth-order valence-electron chi connectivity index (χ4n) is 3.71. The van der Waals surface area contributed by atoms with Crippen molar-refractivity contribution in [1.82, 2.24) is 4.90 Å². The maximum Gasteiger partial charge on any atom is 0.253 e. The summed E-state index contributed by atoms with van der Waals surface area (Å²) in [6.07, 6.45) is 1.62. The highest BCUT2D eigenvalue weighted by atomic mass is 35.5. The molecule has 2 amide bonds. The molecule has 2 aliphatic heterocycles. The summed E-state index contributed by atoms with van der Waals surface area (Å²) in [4.78, 5) is 27.4. The van der Waals surface area contributed by atoms with Crippen LogP contribution in [0.2, 0.25) is 5.02 Å². The van der Waals surface area contributed by atoms with E-state index < -0.39 is 0 Å². The molecular weight excluding hydrogens is 424 g/mol. The number of hydrogen-bond acceptors (Lipinski definition) is 4. The molecule has 0 radical (unpaired) electrons. The van der Waals surface area contributed by atoms with Gasteiger partial charge in [-0.2, -0.15) is 0 Å². The summed E-state index contributed by atoms with van der Waals surface area (Å²) in [6.45, 7) is 1.12. The van der Waals surface area contributed by atoms with Crippen molar-refractivity contribution in [1.29, 1.82) is 0 Å². The topological polar surface area (TPSA) is 49.4 Å². The van der Waals surface area contributed by atoms with Gasteiger partial charge < -0.3 is 10.2 Å². The van der Waals surface area contributed by atoms with E-state index in [-0.39, 0.29) is 17.7 Å². The number of carbonyl (C=O) groups excluding carboxylic acids is 2. The molecule has 2 fully saturated rings. The lowest BCUT2D eigenvalue weighted by atomic mass is 9.96. The number of hydrogen-bond donors (Lipinski definition) is 1. The molecule has 1 N–H and O–H groups in total. The number of benzene rings is 2. The van der Waals surface area contributed by atoms with E-state index in [4.69, 9.17) is 11.6 Å². The van der Waals surface area contributed by atoms with E-state index in [0.717, 1.165) is 18.5 Å². The largest absolute Gasteiger partial charge is 0.338 e. The number of likely N-dealkylation sites (tertiary alicyclic amines) is 1. The summed E-state index contributed by atoms with van der Waals surface area (Å²) in [6, 6.07) is 15.0. The van der Waals surface area contributed by atoms with Crippen molar-refractivity contribution in [3.8, 4) is 0 Å². The smallest absolute Gasteiger partial charge is 0.253 e. The molecule has 0 bridgehead atoms. The Labute approximate surface area is 184 Å². The SMILES string of the molecule is O=C(Nc1cccc(C2SCCS2)c1)C1CCCN(C(=O)c2ccc(Cl)cc2)C1. The second kappa shape index (κ2) is 9.45. The first-order chi connectivity index (χ1) is 14.1. The summed E-state index contributed by atoms with van der Waals surface area (Å²) >= 11 is 9.82. The van der Waals surface area contributed by atoms with Gasteiger partial charge in [-0.25, -0.2) is 0 Å². The lowest BCUT2D eigenvalue weighted by Gasteiger charge is -2.32. The highest BCUT2D eigenvalue weighted by molar-refractivity contribution is 8.19. The third kappa shape index (κ3) is 5.11. The average Bonchev–Trinajstić information content (AvgIpc) is 3.29. The van der Waals surface area contributed by atoms with Crippen molar-refractivity contribution in [2.75, 3.05) is 29.9 Å². The van der Waals surface area contributed by atoms with Crippen LogP contribution in [0.3, 0.4) is 0 Å². The zero-order valence-corrected chi connectivity index (χ0v) is 18.4. The molecule has 1 unspecified atom stereocenters. The minimum atomic E-state index is -0.195. The summed E-state index contributed by atoms with van der Waals surface area (Å²) in [5, 5.41) is 3.67. The van der Waals surface area contributed by atoms with Gasteiger partial charge in [0.15, 0.2) is 0 Å². The van der Waals surface area contributed by atoms with E-state index in [9.17, 15) is 9.59 Å². The van der Waals surface area contributed by atoms with Crippen molar-refractivity contribution >= 4 is 52.6 Å². The minimum Gasteiger partial charge on any atom is -0.338 e. The van der Waals surface area contributed by atoms with Crippen molar-refractivity contribution < 1.29 is 9.59 Å². The molecule has 29 heavy (non-hydrogen) atoms. The van der Waals surface area contributed by atoms with E-state index in [0.29, 0.717) is 28.3 Å².